The molecule has 1 aromatic rings. The molecule has 0 fully saturated rings. The van der Waals surface area contributed by atoms with Gasteiger partial charge in [-0.2, -0.15) is 0 Å². The third-order valence-electron chi connectivity index (χ3n) is 1.18. The molecule has 0 heterocycles. The first kappa shape index (κ1) is 18.5. The largest absolute Gasteiger partial charge is 1.00 e. The molecule has 72 valence electrons. The second-order valence-corrected chi connectivity index (χ2v) is 3.30. The fourth-order valence-electron chi connectivity index (χ4n) is 0.676. The molecule has 0 aliphatic carbocycles. The van der Waals surface area contributed by atoms with E-state index in [0.29, 0.717) is 5.75 Å². The summed E-state index contributed by atoms with van der Waals surface area (Å²) in [5.41, 5.74) is 0. The van der Waals surface area contributed by atoms with E-state index in [2.05, 4.69) is 4.52 Å². The second kappa shape index (κ2) is 9.19. The van der Waals surface area contributed by atoms with Gasteiger partial charge in [-0.05, 0) is 12.1 Å². The molecule has 1 rings (SSSR count). The van der Waals surface area contributed by atoms with Crippen LogP contribution >= 0.6 is 7.82 Å². The van der Waals surface area contributed by atoms with Gasteiger partial charge < -0.3 is 23.6 Å². The number of benzene rings is 1. The Balaban J connectivity index is 0. The minimum atomic E-state index is -4.93. The van der Waals surface area contributed by atoms with Gasteiger partial charge in [0, 0.05) is 0 Å². The van der Waals surface area contributed by atoms with Crippen LogP contribution in [0.25, 0.3) is 0 Å². The zero-order valence-electron chi connectivity index (χ0n) is 8.58. The zero-order chi connectivity index (χ0) is 9.73. The van der Waals surface area contributed by atoms with Crippen LogP contribution in [0.3, 0.4) is 0 Å². The van der Waals surface area contributed by atoms with Crippen LogP contribution in [-0.2, 0) is 9.09 Å². The average Bonchev–Trinajstić information content (AvgIpc) is 2.04. The molecule has 1 aromatic carbocycles. The van der Waals surface area contributed by atoms with E-state index in [9.17, 15) is 14.4 Å². The first-order valence-electron chi connectivity index (χ1n) is 3.42. The Morgan fingerprint density at radius 2 is 1.67 bits per heavy atom. The first-order valence-corrected chi connectivity index (χ1v) is 4.88. The van der Waals surface area contributed by atoms with Gasteiger partial charge in [0.25, 0.3) is 0 Å². The van der Waals surface area contributed by atoms with Crippen molar-refractivity contribution in [1.29, 1.82) is 0 Å². The molecule has 0 N–H and O–H groups in total. The van der Waals surface area contributed by atoms with Crippen LogP contribution in [0.4, 0.5) is 0 Å². The number of ether oxygens (including phenoxy) is 1. The maximum Gasteiger partial charge on any atom is 1.00 e. The van der Waals surface area contributed by atoms with Crippen molar-refractivity contribution in [2.45, 2.75) is 0 Å². The topological polar surface area (TPSA) is 81.7 Å². The van der Waals surface area contributed by atoms with Crippen molar-refractivity contribution in [2.75, 3.05) is 6.79 Å². The summed E-state index contributed by atoms with van der Waals surface area (Å²) < 4.78 is 18.6. The van der Waals surface area contributed by atoms with Crippen LogP contribution < -0.4 is 73.6 Å². The molecule has 5 nitrogen and oxygen atoms in total. The average molecular weight is 248 g/mol. The molecule has 8 heteroatoms. The Labute approximate surface area is 132 Å². The quantitative estimate of drug-likeness (QED) is 0.301. The summed E-state index contributed by atoms with van der Waals surface area (Å²) in [6.45, 7) is -0.589. The summed E-state index contributed by atoms with van der Waals surface area (Å²) in [6, 6.07) is 8.43. The van der Waals surface area contributed by atoms with E-state index in [0.717, 1.165) is 0 Å². The van der Waals surface area contributed by atoms with Gasteiger partial charge in [0.05, 0.1) is 7.82 Å². The van der Waals surface area contributed by atoms with Crippen molar-refractivity contribution in [3.8, 4) is 5.75 Å². The normalized spacial score (nSPS) is 9.73. The van der Waals surface area contributed by atoms with Gasteiger partial charge in [-0.3, -0.25) is 0 Å². The SMILES string of the molecule is O=P([O-])([O-])OCOc1ccccc1.[Na+].[Na+]. The molecular weight excluding hydrogens is 241 g/mol. The fraction of sp³-hybridized carbons (Fsp3) is 0.143. The van der Waals surface area contributed by atoms with Crippen molar-refractivity contribution in [1.82, 2.24) is 0 Å². The molecule has 15 heavy (non-hydrogen) atoms. The van der Waals surface area contributed by atoms with E-state index in [4.69, 9.17) is 4.74 Å². The van der Waals surface area contributed by atoms with Crippen molar-refractivity contribution in [2.24, 2.45) is 0 Å². The number of para-hydroxylation sites is 1. The molecule has 0 aliphatic rings. The number of phosphoric ester groups is 1. The van der Waals surface area contributed by atoms with Crippen molar-refractivity contribution in [3.05, 3.63) is 30.3 Å². The van der Waals surface area contributed by atoms with Crippen LogP contribution in [-0.4, -0.2) is 6.79 Å². The fourth-order valence-corrected chi connectivity index (χ4v) is 0.857. The van der Waals surface area contributed by atoms with Gasteiger partial charge >= 0.3 is 59.1 Å². The van der Waals surface area contributed by atoms with E-state index < -0.39 is 14.6 Å². The van der Waals surface area contributed by atoms with Gasteiger partial charge in [0.2, 0.25) is 0 Å². The van der Waals surface area contributed by atoms with E-state index in [1.807, 2.05) is 0 Å². The number of hydrogen-bond acceptors (Lipinski definition) is 5. The predicted molar refractivity (Wildman–Crippen MR) is 40.6 cm³/mol. The van der Waals surface area contributed by atoms with Gasteiger partial charge in [-0.25, -0.2) is 0 Å². The van der Waals surface area contributed by atoms with Crippen LogP contribution in [0.5, 0.6) is 5.75 Å². The molecular formula is C7H7Na2O5P. The van der Waals surface area contributed by atoms with Crippen molar-refractivity contribution in [3.63, 3.8) is 0 Å². The first-order chi connectivity index (χ1) is 6.08. The predicted octanol–water partition coefficient (Wildman–Crippen LogP) is -6.12. The van der Waals surface area contributed by atoms with E-state index >= 15 is 0 Å². The van der Waals surface area contributed by atoms with Gasteiger partial charge in [-0.15, -0.1) is 0 Å². The van der Waals surface area contributed by atoms with E-state index in [1.54, 1.807) is 30.3 Å². The second-order valence-electron chi connectivity index (χ2n) is 2.15. The van der Waals surface area contributed by atoms with E-state index in [-0.39, 0.29) is 59.1 Å². The summed E-state index contributed by atoms with van der Waals surface area (Å²) in [5, 5.41) is 0. The molecule has 0 spiro atoms. The van der Waals surface area contributed by atoms with Crippen molar-refractivity contribution >= 4 is 7.82 Å². The van der Waals surface area contributed by atoms with E-state index in [1.165, 1.54) is 0 Å². The Hall–Kier alpha value is 1.13. The maximum absolute atomic E-state index is 9.99. The van der Waals surface area contributed by atoms with Gasteiger partial charge in [0.1, 0.15) is 5.75 Å². The standard InChI is InChI=1S/C7H9O5P.2Na/c8-13(9,10)12-6-11-7-4-2-1-3-5-7;;/h1-5H,6H2,(H2,8,9,10);;/q;2*+1/p-2. The van der Waals surface area contributed by atoms with Crippen LogP contribution in [0, 0.1) is 0 Å². The summed E-state index contributed by atoms with van der Waals surface area (Å²) in [4.78, 5) is 20.0. The monoisotopic (exact) mass is 248 g/mol. The zero-order valence-corrected chi connectivity index (χ0v) is 13.5. The van der Waals surface area contributed by atoms with Gasteiger partial charge in [0.15, 0.2) is 6.79 Å². The molecule has 0 unspecified atom stereocenters. The minimum absolute atomic E-state index is 0. The Morgan fingerprint density at radius 3 is 2.13 bits per heavy atom. The van der Waals surface area contributed by atoms with Crippen LogP contribution in [0.15, 0.2) is 30.3 Å². The molecule has 0 saturated carbocycles. The molecule has 0 aromatic heterocycles. The Morgan fingerprint density at radius 1 is 1.13 bits per heavy atom. The minimum Gasteiger partial charge on any atom is -0.790 e. The van der Waals surface area contributed by atoms with Crippen LogP contribution in [0.1, 0.15) is 0 Å². The summed E-state index contributed by atoms with van der Waals surface area (Å²) >= 11 is 0. The molecule has 0 atom stereocenters. The molecule has 0 radical (unpaired) electrons. The number of rotatable bonds is 4. The van der Waals surface area contributed by atoms with Gasteiger partial charge in [-0.1, -0.05) is 18.2 Å². The third-order valence-corrected chi connectivity index (χ3v) is 1.60. The smallest absolute Gasteiger partial charge is 0.790 e. The maximum atomic E-state index is 9.99. The molecule has 0 bridgehead atoms. The van der Waals surface area contributed by atoms with Crippen molar-refractivity contribution < 1.29 is 82.7 Å². The molecule has 0 saturated heterocycles. The summed E-state index contributed by atoms with van der Waals surface area (Å²) in [6.07, 6.45) is 0. The summed E-state index contributed by atoms with van der Waals surface area (Å²) in [7, 11) is -4.93. The third kappa shape index (κ3) is 10.0. The van der Waals surface area contributed by atoms with Crippen LogP contribution in [0.2, 0.25) is 0 Å². The Bertz CT molecular complexity index is 302. The molecule has 0 amide bonds. The number of phosphoric acid groups is 1. The summed E-state index contributed by atoms with van der Waals surface area (Å²) in [5.74, 6) is 0.441. The molecule has 0 aliphatic heterocycles. The number of hydrogen-bond donors (Lipinski definition) is 0. The Kier molecular flexibility index (Phi) is 11.3.